The summed E-state index contributed by atoms with van der Waals surface area (Å²) in [7, 11) is 0. The quantitative estimate of drug-likeness (QED) is 0.746. The monoisotopic (exact) mass is 322 g/mol. The van der Waals surface area contributed by atoms with Gasteiger partial charge in [-0.1, -0.05) is 15.9 Å². The molecule has 1 unspecified atom stereocenters. The highest BCUT2D eigenvalue weighted by Crippen LogP contribution is 2.32. The number of benzene rings is 1. The molecule has 1 atom stereocenters. The number of aliphatic hydroxyl groups is 1. The summed E-state index contributed by atoms with van der Waals surface area (Å²) in [5.41, 5.74) is 13.2. The van der Waals surface area contributed by atoms with Gasteiger partial charge in [-0.3, -0.25) is 0 Å². The Morgan fingerprint density at radius 2 is 2.00 bits per heavy atom. The maximum atomic E-state index is 8.78. The number of anilines is 1. The molecule has 5 heteroatoms. The normalized spacial score (nSPS) is 12.9. The zero-order chi connectivity index (χ0) is 10.7. The molecule has 0 saturated heterocycles. The summed E-state index contributed by atoms with van der Waals surface area (Å²) in [5, 5.41) is 8.78. The second-order valence-corrected chi connectivity index (χ2v) is 4.78. The molecule has 5 N–H and O–H groups in total. The van der Waals surface area contributed by atoms with Crippen LogP contribution >= 0.6 is 31.9 Å². The maximum Gasteiger partial charge on any atom is 0.0507 e. The van der Waals surface area contributed by atoms with Crippen LogP contribution < -0.4 is 11.5 Å². The zero-order valence-electron chi connectivity index (χ0n) is 7.50. The number of hydrogen-bond donors (Lipinski definition) is 3. The van der Waals surface area contributed by atoms with Gasteiger partial charge in [0.15, 0.2) is 0 Å². The van der Waals surface area contributed by atoms with Crippen molar-refractivity contribution < 1.29 is 5.11 Å². The van der Waals surface area contributed by atoms with Crippen molar-refractivity contribution in [2.24, 2.45) is 5.73 Å². The summed E-state index contributed by atoms with van der Waals surface area (Å²) in [6, 6.07) is 3.51. The number of nitrogens with two attached hydrogens (primary N) is 2. The molecule has 0 amide bonds. The van der Waals surface area contributed by atoms with Crippen molar-refractivity contribution in [1.82, 2.24) is 0 Å². The summed E-state index contributed by atoms with van der Waals surface area (Å²) in [6.45, 7) is 0.0603. The van der Waals surface area contributed by atoms with Crippen LogP contribution in [-0.4, -0.2) is 11.7 Å². The van der Waals surface area contributed by atoms with E-state index in [1.54, 1.807) is 0 Å². The van der Waals surface area contributed by atoms with Crippen molar-refractivity contribution in [3.05, 3.63) is 26.6 Å². The van der Waals surface area contributed by atoms with Crippen LogP contribution in [0, 0.1) is 0 Å². The molecule has 1 aromatic carbocycles. The lowest BCUT2D eigenvalue weighted by Crippen LogP contribution is -2.14. The lowest BCUT2D eigenvalue weighted by molar-refractivity contribution is 0.276. The molecular weight excluding hydrogens is 312 g/mol. The molecule has 0 heterocycles. The fraction of sp³-hybridized carbons (Fsp3) is 0.333. The van der Waals surface area contributed by atoms with Crippen LogP contribution in [0.2, 0.25) is 0 Å². The van der Waals surface area contributed by atoms with Crippen LogP contribution in [0.3, 0.4) is 0 Å². The molecule has 0 bridgehead atoms. The largest absolute Gasteiger partial charge is 0.398 e. The predicted octanol–water partition coefficient (Wildman–Crippen LogP) is 2.18. The van der Waals surface area contributed by atoms with E-state index < -0.39 is 0 Å². The second-order valence-electron chi connectivity index (χ2n) is 3.01. The number of rotatable bonds is 3. The Morgan fingerprint density at radius 3 is 2.57 bits per heavy atom. The maximum absolute atomic E-state index is 8.78. The van der Waals surface area contributed by atoms with Crippen LogP contribution in [0.15, 0.2) is 21.1 Å². The highest BCUT2D eigenvalue weighted by Gasteiger charge is 2.12. The Labute approximate surface area is 99.7 Å². The summed E-state index contributed by atoms with van der Waals surface area (Å²) in [6.07, 6.45) is 0.507. The van der Waals surface area contributed by atoms with Crippen LogP contribution in [0.4, 0.5) is 5.69 Å². The molecule has 1 aromatic rings. The molecule has 0 fully saturated rings. The van der Waals surface area contributed by atoms with Gasteiger partial charge in [0.2, 0.25) is 0 Å². The third-order valence-corrected chi connectivity index (χ3v) is 3.08. The molecule has 0 aliphatic carbocycles. The van der Waals surface area contributed by atoms with Gasteiger partial charge in [-0.15, -0.1) is 0 Å². The minimum atomic E-state index is -0.228. The van der Waals surface area contributed by atoms with E-state index in [1.807, 2.05) is 12.1 Å². The van der Waals surface area contributed by atoms with Crippen molar-refractivity contribution in [3.8, 4) is 0 Å². The van der Waals surface area contributed by atoms with E-state index in [2.05, 4.69) is 31.9 Å². The highest BCUT2D eigenvalue weighted by atomic mass is 79.9. The van der Waals surface area contributed by atoms with Crippen LogP contribution in [0.5, 0.6) is 0 Å². The van der Waals surface area contributed by atoms with Gasteiger partial charge in [-0.05, 0) is 40.0 Å². The number of halogens is 2. The SMILES string of the molecule is Nc1c(Br)cc(Br)cc1C(N)CCO. The van der Waals surface area contributed by atoms with E-state index in [-0.39, 0.29) is 12.6 Å². The van der Waals surface area contributed by atoms with Crippen molar-refractivity contribution in [2.75, 3.05) is 12.3 Å². The molecular formula is C9H12Br2N2O. The Hall–Kier alpha value is -0.100. The Bertz CT molecular complexity index is 331. The number of nitrogen functional groups attached to an aromatic ring is 1. The minimum absolute atomic E-state index is 0.0603. The third kappa shape index (κ3) is 2.70. The molecule has 0 saturated carbocycles. The van der Waals surface area contributed by atoms with E-state index in [9.17, 15) is 0 Å². The molecule has 0 radical (unpaired) electrons. The van der Waals surface area contributed by atoms with Crippen molar-refractivity contribution in [3.63, 3.8) is 0 Å². The molecule has 78 valence electrons. The Morgan fingerprint density at radius 1 is 1.36 bits per heavy atom. The van der Waals surface area contributed by atoms with Crippen molar-refractivity contribution >= 4 is 37.5 Å². The molecule has 1 rings (SSSR count). The van der Waals surface area contributed by atoms with E-state index in [0.717, 1.165) is 14.5 Å². The van der Waals surface area contributed by atoms with Gasteiger partial charge in [0.05, 0.1) is 5.69 Å². The van der Waals surface area contributed by atoms with E-state index in [0.29, 0.717) is 12.1 Å². The average molecular weight is 324 g/mol. The molecule has 0 aromatic heterocycles. The second kappa shape index (κ2) is 5.11. The lowest BCUT2D eigenvalue weighted by atomic mass is 10.0. The van der Waals surface area contributed by atoms with Gasteiger partial charge < -0.3 is 16.6 Å². The smallest absolute Gasteiger partial charge is 0.0507 e. The fourth-order valence-corrected chi connectivity index (χ4v) is 2.46. The first kappa shape index (κ1) is 12.0. The topological polar surface area (TPSA) is 72.3 Å². The fourth-order valence-electron chi connectivity index (χ4n) is 1.21. The predicted molar refractivity (Wildman–Crippen MR) is 64.9 cm³/mol. The summed E-state index contributed by atoms with van der Waals surface area (Å²) < 4.78 is 1.73. The van der Waals surface area contributed by atoms with E-state index in [4.69, 9.17) is 16.6 Å². The van der Waals surface area contributed by atoms with Gasteiger partial charge in [0.1, 0.15) is 0 Å². The standard InChI is InChI=1S/C9H12Br2N2O/c10-5-3-6(8(12)1-2-14)9(13)7(11)4-5/h3-4,8,14H,1-2,12-13H2. The lowest BCUT2D eigenvalue weighted by Gasteiger charge is -2.14. The average Bonchev–Trinajstić information content (AvgIpc) is 2.11. The van der Waals surface area contributed by atoms with Crippen molar-refractivity contribution in [1.29, 1.82) is 0 Å². The summed E-state index contributed by atoms with van der Waals surface area (Å²) in [5.74, 6) is 0. The Kier molecular flexibility index (Phi) is 4.37. The number of hydrogen-bond acceptors (Lipinski definition) is 3. The molecule has 14 heavy (non-hydrogen) atoms. The van der Waals surface area contributed by atoms with Crippen LogP contribution in [0.1, 0.15) is 18.0 Å². The first-order valence-corrected chi connectivity index (χ1v) is 5.75. The van der Waals surface area contributed by atoms with Gasteiger partial charge in [-0.2, -0.15) is 0 Å². The van der Waals surface area contributed by atoms with Gasteiger partial charge >= 0.3 is 0 Å². The summed E-state index contributed by atoms with van der Waals surface area (Å²) in [4.78, 5) is 0. The third-order valence-electron chi connectivity index (χ3n) is 1.97. The molecule has 0 spiro atoms. The van der Waals surface area contributed by atoms with E-state index in [1.165, 1.54) is 0 Å². The number of aliphatic hydroxyl groups excluding tert-OH is 1. The minimum Gasteiger partial charge on any atom is -0.398 e. The summed E-state index contributed by atoms with van der Waals surface area (Å²) >= 11 is 6.71. The van der Waals surface area contributed by atoms with Gasteiger partial charge in [0.25, 0.3) is 0 Å². The van der Waals surface area contributed by atoms with Crippen molar-refractivity contribution in [2.45, 2.75) is 12.5 Å². The Balaban J connectivity index is 3.07. The zero-order valence-corrected chi connectivity index (χ0v) is 10.7. The first-order chi connectivity index (χ1) is 6.56. The first-order valence-electron chi connectivity index (χ1n) is 4.17. The molecule has 0 aliphatic rings. The van der Waals surface area contributed by atoms with Crippen LogP contribution in [0.25, 0.3) is 0 Å². The van der Waals surface area contributed by atoms with Gasteiger partial charge in [-0.25, -0.2) is 0 Å². The molecule has 0 aliphatic heterocycles. The van der Waals surface area contributed by atoms with Crippen LogP contribution in [-0.2, 0) is 0 Å². The molecule has 3 nitrogen and oxygen atoms in total. The van der Waals surface area contributed by atoms with E-state index >= 15 is 0 Å². The van der Waals surface area contributed by atoms with Gasteiger partial charge in [0, 0.05) is 21.6 Å². The highest BCUT2D eigenvalue weighted by molar-refractivity contribution is 9.11.